The Balaban J connectivity index is 2.61. The third-order valence-electron chi connectivity index (χ3n) is 2.77. The molecule has 0 bridgehead atoms. The van der Waals surface area contributed by atoms with Crippen molar-refractivity contribution >= 4 is 33.5 Å². The summed E-state index contributed by atoms with van der Waals surface area (Å²) in [7, 11) is 0. The number of hydrogen-bond acceptors (Lipinski definition) is 3. The molecule has 1 rings (SSSR count). The van der Waals surface area contributed by atoms with Crippen molar-refractivity contribution in [3.05, 3.63) is 28.2 Å². The first-order valence-corrected chi connectivity index (χ1v) is 6.77. The summed E-state index contributed by atoms with van der Waals surface area (Å²) in [4.78, 5) is 22.6. The van der Waals surface area contributed by atoms with E-state index in [9.17, 15) is 9.59 Å². The molecule has 0 saturated heterocycles. The highest BCUT2D eigenvalue weighted by Gasteiger charge is 2.13. The summed E-state index contributed by atoms with van der Waals surface area (Å²) in [6.45, 7) is 2.24. The molecule has 1 unspecified atom stereocenters. The lowest BCUT2D eigenvalue weighted by atomic mass is 10.0. The number of amides is 1. The first-order chi connectivity index (χ1) is 8.92. The topological polar surface area (TPSA) is 92.4 Å². The maximum Gasteiger partial charge on any atom is 0.303 e. The van der Waals surface area contributed by atoms with Crippen LogP contribution in [0.4, 0.5) is 5.69 Å². The van der Waals surface area contributed by atoms with Gasteiger partial charge in [0.15, 0.2) is 0 Å². The molecule has 0 aromatic heterocycles. The van der Waals surface area contributed by atoms with Crippen molar-refractivity contribution in [2.45, 2.75) is 19.8 Å². The molecule has 0 saturated carbocycles. The molecule has 4 N–H and O–H groups in total. The summed E-state index contributed by atoms with van der Waals surface area (Å²) in [5.74, 6) is -1.17. The Hall–Kier alpha value is -1.56. The molecule has 0 heterocycles. The van der Waals surface area contributed by atoms with Gasteiger partial charge in [-0.2, -0.15) is 0 Å². The quantitative estimate of drug-likeness (QED) is 0.698. The van der Waals surface area contributed by atoms with Gasteiger partial charge in [-0.25, -0.2) is 0 Å². The Morgan fingerprint density at radius 3 is 2.63 bits per heavy atom. The van der Waals surface area contributed by atoms with Crippen molar-refractivity contribution in [1.82, 2.24) is 5.32 Å². The van der Waals surface area contributed by atoms with Crippen LogP contribution in [0, 0.1) is 5.92 Å². The summed E-state index contributed by atoms with van der Waals surface area (Å²) in [6.07, 6.45) is 0.755. The van der Waals surface area contributed by atoms with Crippen molar-refractivity contribution in [3.8, 4) is 0 Å². The number of rotatable bonds is 6. The molecular formula is C13H17BrN2O3. The Kier molecular flexibility index (Phi) is 5.82. The predicted molar refractivity (Wildman–Crippen MR) is 76.9 cm³/mol. The molecule has 0 aliphatic rings. The fraction of sp³-hybridized carbons (Fsp3) is 0.385. The summed E-state index contributed by atoms with van der Waals surface area (Å²) < 4.78 is 0.732. The Labute approximate surface area is 120 Å². The number of carboxylic acid groups (broad SMARTS) is 1. The molecule has 0 aliphatic carbocycles. The van der Waals surface area contributed by atoms with Crippen LogP contribution >= 0.6 is 15.9 Å². The van der Waals surface area contributed by atoms with E-state index in [1.54, 1.807) is 18.2 Å². The monoisotopic (exact) mass is 328 g/mol. The number of carbonyl (C=O) groups excluding carboxylic acids is 1. The van der Waals surface area contributed by atoms with Crippen molar-refractivity contribution in [3.63, 3.8) is 0 Å². The number of nitrogens with two attached hydrogens (primary N) is 1. The van der Waals surface area contributed by atoms with E-state index >= 15 is 0 Å². The van der Waals surface area contributed by atoms with Crippen molar-refractivity contribution in [2.75, 3.05) is 12.3 Å². The zero-order chi connectivity index (χ0) is 14.4. The van der Waals surface area contributed by atoms with Crippen LogP contribution in [0.1, 0.15) is 30.1 Å². The van der Waals surface area contributed by atoms with Crippen LogP contribution in [-0.2, 0) is 4.79 Å². The second-order valence-corrected chi connectivity index (χ2v) is 5.27. The molecule has 0 spiro atoms. The second-order valence-electron chi connectivity index (χ2n) is 4.36. The lowest BCUT2D eigenvalue weighted by molar-refractivity contribution is -0.138. The average molecular weight is 329 g/mol. The molecule has 0 fully saturated rings. The van der Waals surface area contributed by atoms with E-state index < -0.39 is 5.97 Å². The summed E-state index contributed by atoms with van der Waals surface area (Å²) in [5, 5.41) is 11.5. The van der Waals surface area contributed by atoms with Gasteiger partial charge in [0.1, 0.15) is 0 Å². The number of benzene rings is 1. The Morgan fingerprint density at radius 1 is 1.42 bits per heavy atom. The van der Waals surface area contributed by atoms with Crippen molar-refractivity contribution < 1.29 is 14.7 Å². The predicted octanol–water partition coefficient (Wildman–Crippen LogP) is 2.26. The normalized spacial score (nSPS) is 11.9. The van der Waals surface area contributed by atoms with Crippen LogP contribution in [0.15, 0.2) is 22.7 Å². The van der Waals surface area contributed by atoms with Crippen LogP contribution < -0.4 is 11.1 Å². The van der Waals surface area contributed by atoms with Crippen LogP contribution in [-0.4, -0.2) is 23.5 Å². The Bertz CT molecular complexity index is 457. The minimum Gasteiger partial charge on any atom is -0.481 e. The third-order valence-corrected chi connectivity index (χ3v) is 3.23. The smallest absolute Gasteiger partial charge is 0.303 e. The molecule has 1 aromatic rings. The highest BCUT2D eigenvalue weighted by atomic mass is 79.9. The second kappa shape index (κ2) is 7.13. The van der Waals surface area contributed by atoms with E-state index in [0.29, 0.717) is 24.2 Å². The van der Waals surface area contributed by atoms with Gasteiger partial charge in [0.2, 0.25) is 0 Å². The Morgan fingerprint density at radius 2 is 2.11 bits per heavy atom. The lowest BCUT2D eigenvalue weighted by Gasteiger charge is -2.13. The molecule has 5 nitrogen and oxygen atoms in total. The number of nitrogens with one attached hydrogen (secondary N) is 1. The van der Waals surface area contributed by atoms with Gasteiger partial charge >= 0.3 is 5.97 Å². The van der Waals surface area contributed by atoms with Gasteiger partial charge in [0.05, 0.1) is 0 Å². The number of carboxylic acids is 1. The number of halogens is 1. The number of hydrogen-bond donors (Lipinski definition) is 3. The van der Waals surface area contributed by atoms with Gasteiger partial charge in [-0.15, -0.1) is 0 Å². The molecule has 1 aromatic carbocycles. The van der Waals surface area contributed by atoms with E-state index in [4.69, 9.17) is 10.8 Å². The number of carbonyl (C=O) groups is 2. The first-order valence-electron chi connectivity index (χ1n) is 5.98. The molecule has 0 radical (unpaired) electrons. The summed E-state index contributed by atoms with van der Waals surface area (Å²) in [6, 6.07) is 4.96. The van der Waals surface area contributed by atoms with Gasteiger partial charge in [-0.05, 0) is 24.1 Å². The summed E-state index contributed by atoms with van der Waals surface area (Å²) >= 11 is 3.27. The van der Waals surface area contributed by atoms with Crippen LogP contribution in [0.2, 0.25) is 0 Å². The standard InChI is InChI=1S/C13H17BrN2O3/c1-2-8(3-12(17)18)7-16-13(19)9-4-10(14)6-11(15)5-9/h4-6,8H,2-3,7,15H2,1H3,(H,16,19)(H,17,18). The van der Waals surface area contributed by atoms with E-state index in [0.717, 1.165) is 4.47 Å². The largest absolute Gasteiger partial charge is 0.481 e. The van der Waals surface area contributed by atoms with Gasteiger partial charge in [-0.3, -0.25) is 9.59 Å². The van der Waals surface area contributed by atoms with Gasteiger partial charge < -0.3 is 16.2 Å². The van der Waals surface area contributed by atoms with Crippen molar-refractivity contribution in [1.29, 1.82) is 0 Å². The fourth-order valence-electron chi connectivity index (χ4n) is 1.69. The van der Waals surface area contributed by atoms with E-state index in [-0.39, 0.29) is 18.2 Å². The minimum atomic E-state index is -0.854. The molecule has 19 heavy (non-hydrogen) atoms. The SMILES string of the molecule is CCC(CNC(=O)c1cc(N)cc(Br)c1)CC(=O)O. The molecular weight excluding hydrogens is 312 g/mol. The average Bonchev–Trinajstić information content (AvgIpc) is 2.32. The van der Waals surface area contributed by atoms with E-state index in [1.807, 2.05) is 6.92 Å². The van der Waals surface area contributed by atoms with Crippen LogP contribution in [0.5, 0.6) is 0 Å². The molecule has 1 atom stereocenters. The first kappa shape index (κ1) is 15.5. The van der Waals surface area contributed by atoms with E-state index in [1.165, 1.54) is 0 Å². The fourth-order valence-corrected chi connectivity index (χ4v) is 2.20. The van der Waals surface area contributed by atoms with Crippen molar-refractivity contribution in [2.24, 2.45) is 5.92 Å². The number of anilines is 1. The molecule has 6 heteroatoms. The molecule has 1 amide bonds. The lowest BCUT2D eigenvalue weighted by Crippen LogP contribution is -2.30. The number of aliphatic carboxylic acids is 1. The van der Waals surface area contributed by atoms with E-state index in [2.05, 4.69) is 21.2 Å². The number of nitrogen functional groups attached to an aromatic ring is 1. The molecule has 0 aliphatic heterocycles. The highest BCUT2D eigenvalue weighted by Crippen LogP contribution is 2.17. The zero-order valence-electron chi connectivity index (χ0n) is 10.6. The van der Waals surface area contributed by atoms with Gasteiger partial charge in [0, 0.05) is 28.7 Å². The van der Waals surface area contributed by atoms with Gasteiger partial charge in [-0.1, -0.05) is 29.3 Å². The highest BCUT2D eigenvalue weighted by molar-refractivity contribution is 9.10. The van der Waals surface area contributed by atoms with Gasteiger partial charge in [0.25, 0.3) is 5.91 Å². The zero-order valence-corrected chi connectivity index (χ0v) is 12.2. The maximum absolute atomic E-state index is 11.9. The van der Waals surface area contributed by atoms with Crippen LogP contribution in [0.3, 0.4) is 0 Å². The minimum absolute atomic E-state index is 0.0530. The third kappa shape index (κ3) is 5.30. The van der Waals surface area contributed by atoms with Crippen LogP contribution in [0.25, 0.3) is 0 Å². The molecule has 104 valence electrons. The summed E-state index contributed by atoms with van der Waals surface area (Å²) in [5.41, 5.74) is 6.61. The maximum atomic E-state index is 11.9.